The van der Waals surface area contributed by atoms with Crippen LogP contribution in [0, 0.1) is 6.92 Å². The van der Waals surface area contributed by atoms with Gasteiger partial charge >= 0.3 is 0 Å². The van der Waals surface area contributed by atoms with Crippen LogP contribution in [0.5, 0.6) is 0 Å². The minimum absolute atomic E-state index is 0.402. The summed E-state index contributed by atoms with van der Waals surface area (Å²) < 4.78 is 7.12. The highest BCUT2D eigenvalue weighted by Crippen LogP contribution is 2.26. The number of nitrogens with zero attached hydrogens (tertiary/aromatic N) is 3. The summed E-state index contributed by atoms with van der Waals surface area (Å²) >= 11 is 5.21. The zero-order valence-electron chi connectivity index (χ0n) is 13.1. The number of aryl methyl sites for hydroxylation is 2. The first kappa shape index (κ1) is 16.9. The molecule has 0 unspecified atom stereocenters. The van der Waals surface area contributed by atoms with Crippen molar-refractivity contribution < 1.29 is 4.74 Å². The van der Waals surface area contributed by atoms with E-state index in [2.05, 4.69) is 23.8 Å². The topological polar surface area (TPSA) is 56.3 Å². The van der Waals surface area contributed by atoms with Crippen LogP contribution in [0.1, 0.15) is 37.9 Å². The quantitative estimate of drug-likeness (QED) is 0.744. The van der Waals surface area contributed by atoms with E-state index in [1.54, 1.807) is 7.11 Å². The molecule has 1 rings (SSSR count). The number of hydrogen-bond acceptors (Lipinski definition) is 4. The molecule has 0 radical (unpaired) electrons. The second-order valence-corrected chi connectivity index (χ2v) is 5.37. The van der Waals surface area contributed by atoms with Gasteiger partial charge in [0, 0.05) is 26.7 Å². The van der Waals surface area contributed by atoms with E-state index in [1.807, 2.05) is 18.7 Å². The maximum Gasteiger partial charge on any atom is 0.137 e. The molecule has 5 nitrogen and oxygen atoms in total. The number of aromatic nitrogens is 2. The summed E-state index contributed by atoms with van der Waals surface area (Å²) in [4.78, 5) is 2.72. The lowest BCUT2D eigenvalue weighted by Gasteiger charge is -2.33. The Morgan fingerprint density at radius 3 is 2.50 bits per heavy atom. The van der Waals surface area contributed by atoms with Crippen LogP contribution in [-0.4, -0.2) is 41.1 Å². The molecule has 114 valence electrons. The molecule has 1 aromatic heterocycles. The van der Waals surface area contributed by atoms with Gasteiger partial charge in [0.25, 0.3) is 0 Å². The zero-order chi connectivity index (χ0) is 15.3. The second-order valence-electron chi connectivity index (χ2n) is 4.93. The fraction of sp³-hybridized carbons (Fsp3) is 0.714. The smallest absolute Gasteiger partial charge is 0.137 e. The van der Waals surface area contributed by atoms with Crippen molar-refractivity contribution in [1.29, 1.82) is 0 Å². The van der Waals surface area contributed by atoms with E-state index < -0.39 is 0 Å². The van der Waals surface area contributed by atoms with Crippen molar-refractivity contribution in [3.05, 3.63) is 11.3 Å². The van der Waals surface area contributed by atoms with Crippen molar-refractivity contribution in [2.24, 2.45) is 12.8 Å². The van der Waals surface area contributed by atoms with Crippen LogP contribution in [0.4, 0.5) is 5.82 Å². The van der Waals surface area contributed by atoms with E-state index in [9.17, 15) is 0 Å². The van der Waals surface area contributed by atoms with Gasteiger partial charge in [-0.2, -0.15) is 5.10 Å². The molecule has 6 heteroatoms. The molecule has 0 saturated heterocycles. The normalized spacial score (nSPS) is 11.1. The van der Waals surface area contributed by atoms with Crippen molar-refractivity contribution in [3.8, 4) is 0 Å². The highest BCUT2D eigenvalue weighted by molar-refractivity contribution is 7.80. The Kier molecular flexibility index (Phi) is 6.42. The lowest BCUT2D eigenvalue weighted by atomic mass is 10.1. The molecule has 0 bridgehead atoms. The molecule has 2 N–H and O–H groups in total. The van der Waals surface area contributed by atoms with Gasteiger partial charge in [0.2, 0.25) is 0 Å². The standard InChI is InChI=1S/C14H26N4OS/c1-6-11(7-2)18(8-9-19-5)14-12(13(15)20)10(3)16-17(14)4/h11H,6-9H2,1-5H3,(H2,15,20). The summed E-state index contributed by atoms with van der Waals surface area (Å²) in [7, 11) is 3.65. The Labute approximate surface area is 127 Å². The number of anilines is 1. The Morgan fingerprint density at radius 2 is 2.05 bits per heavy atom. The van der Waals surface area contributed by atoms with Gasteiger partial charge in [0.15, 0.2) is 0 Å². The molecule has 0 aromatic carbocycles. The minimum atomic E-state index is 0.402. The van der Waals surface area contributed by atoms with Crippen molar-refractivity contribution in [2.75, 3.05) is 25.2 Å². The van der Waals surface area contributed by atoms with Gasteiger partial charge < -0.3 is 15.4 Å². The van der Waals surface area contributed by atoms with E-state index in [-0.39, 0.29) is 0 Å². The maximum atomic E-state index is 5.90. The Balaban J connectivity index is 3.28. The summed E-state index contributed by atoms with van der Waals surface area (Å²) in [6.07, 6.45) is 2.11. The summed E-state index contributed by atoms with van der Waals surface area (Å²) in [6, 6.07) is 0.424. The van der Waals surface area contributed by atoms with Crippen molar-refractivity contribution >= 4 is 23.0 Å². The van der Waals surface area contributed by atoms with Crippen molar-refractivity contribution in [1.82, 2.24) is 9.78 Å². The fourth-order valence-corrected chi connectivity index (χ4v) is 2.88. The highest BCUT2D eigenvalue weighted by Gasteiger charge is 2.25. The maximum absolute atomic E-state index is 5.90. The van der Waals surface area contributed by atoms with Crippen LogP contribution in [-0.2, 0) is 11.8 Å². The van der Waals surface area contributed by atoms with E-state index in [0.29, 0.717) is 17.6 Å². The Morgan fingerprint density at radius 1 is 1.45 bits per heavy atom. The average molecular weight is 298 g/mol. The van der Waals surface area contributed by atoms with Crippen LogP contribution in [0.2, 0.25) is 0 Å². The minimum Gasteiger partial charge on any atom is -0.389 e. The third kappa shape index (κ3) is 3.49. The van der Waals surface area contributed by atoms with Gasteiger partial charge in [-0.25, -0.2) is 0 Å². The monoisotopic (exact) mass is 298 g/mol. The van der Waals surface area contributed by atoms with E-state index in [4.69, 9.17) is 22.7 Å². The van der Waals surface area contributed by atoms with Gasteiger partial charge in [-0.15, -0.1) is 0 Å². The van der Waals surface area contributed by atoms with E-state index >= 15 is 0 Å². The number of thiocarbonyl (C=S) groups is 1. The number of ether oxygens (including phenoxy) is 1. The van der Waals surface area contributed by atoms with Crippen LogP contribution in [0.3, 0.4) is 0 Å². The lowest BCUT2D eigenvalue weighted by molar-refractivity contribution is 0.202. The number of rotatable bonds is 8. The van der Waals surface area contributed by atoms with Crippen molar-refractivity contribution in [3.63, 3.8) is 0 Å². The number of nitrogens with two attached hydrogens (primary N) is 1. The molecule has 0 fully saturated rings. The first-order valence-electron chi connectivity index (χ1n) is 7.06. The predicted molar refractivity (Wildman–Crippen MR) is 87.4 cm³/mol. The SMILES string of the molecule is CCC(CC)N(CCOC)c1c(C(N)=S)c(C)nn1C. The average Bonchev–Trinajstić information content (AvgIpc) is 2.69. The summed E-state index contributed by atoms with van der Waals surface area (Å²) in [5, 5.41) is 4.48. The first-order chi connectivity index (χ1) is 9.47. The molecule has 0 saturated carbocycles. The first-order valence-corrected chi connectivity index (χ1v) is 7.47. The highest BCUT2D eigenvalue weighted by atomic mass is 32.1. The molecule has 1 aromatic rings. The Hall–Kier alpha value is -1.14. The van der Waals surface area contributed by atoms with Gasteiger partial charge in [0.05, 0.1) is 17.9 Å². The summed E-state index contributed by atoms with van der Waals surface area (Å²) in [5.41, 5.74) is 7.66. The van der Waals surface area contributed by atoms with E-state index in [0.717, 1.165) is 36.5 Å². The molecule has 20 heavy (non-hydrogen) atoms. The summed E-state index contributed by atoms with van der Waals surface area (Å²) in [5.74, 6) is 1.00. The summed E-state index contributed by atoms with van der Waals surface area (Å²) in [6.45, 7) is 7.80. The zero-order valence-corrected chi connectivity index (χ0v) is 14.0. The molecule has 0 aliphatic heterocycles. The van der Waals surface area contributed by atoms with Gasteiger partial charge in [-0.3, -0.25) is 4.68 Å². The molecule has 0 atom stereocenters. The van der Waals surface area contributed by atoms with Gasteiger partial charge in [-0.1, -0.05) is 26.1 Å². The van der Waals surface area contributed by atoms with Crippen molar-refractivity contribution in [2.45, 2.75) is 39.7 Å². The lowest BCUT2D eigenvalue weighted by Crippen LogP contribution is -2.39. The molecule has 0 aliphatic carbocycles. The van der Waals surface area contributed by atoms with Crippen LogP contribution < -0.4 is 10.6 Å². The molecular formula is C14H26N4OS. The van der Waals surface area contributed by atoms with Gasteiger partial charge in [0.1, 0.15) is 10.8 Å². The third-order valence-corrected chi connectivity index (χ3v) is 3.83. The predicted octanol–water partition coefficient (Wildman–Crippen LogP) is 2.00. The Bertz CT molecular complexity index is 454. The molecule has 0 aliphatic rings. The number of methoxy groups -OCH3 is 1. The third-order valence-electron chi connectivity index (χ3n) is 3.63. The second kappa shape index (κ2) is 7.59. The van der Waals surface area contributed by atoms with Crippen LogP contribution in [0.15, 0.2) is 0 Å². The van der Waals surface area contributed by atoms with Crippen LogP contribution >= 0.6 is 12.2 Å². The number of hydrogen-bond donors (Lipinski definition) is 1. The molecule has 0 amide bonds. The molecular weight excluding hydrogens is 272 g/mol. The van der Waals surface area contributed by atoms with E-state index in [1.165, 1.54) is 0 Å². The largest absolute Gasteiger partial charge is 0.389 e. The van der Waals surface area contributed by atoms with Crippen LogP contribution in [0.25, 0.3) is 0 Å². The molecule has 1 heterocycles. The fourth-order valence-electron chi connectivity index (χ4n) is 2.64. The molecule has 0 spiro atoms. The van der Waals surface area contributed by atoms with Gasteiger partial charge in [-0.05, 0) is 19.8 Å².